The van der Waals surface area contributed by atoms with Crippen molar-refractivity contribution in [1.82, 2.24) is 9.62 Å². The molecule has 0 radical (unpaired) electrons. The molecule has 2 heterocycles. The molecule has 0 spiro atoms. The van der Waals surface area contributed by atoms with Gasteiger partial charge in [-0.25, -0.2) is 8.42 Å². The molecule has 20 heavy (non-hydrogen) atoms. The first-order valence-electron chi connectivity index (χ1n) is 6.87. The van der Waals surface area contributed by atoms with E-state index in [1.54, 1.807) is 15.6 Å². The van der Waals surface area contributed by atoms with Gasteiger partial charge < -0.3 is 5.32 Å². The molecule has 0 bridgehead atoms. The average molecular weight is 335 g/mol. The maximum atomic E-state index is 12.7. The number of nitrogens with zero attached hydrogens (tertiary/aromatic N) is 1. The zero-order valence-corrected chi connectivity index (χ0v) is 14.6. The molecule has 114 valence electrons. The Balaban J connectivity index is 2.22. The Morgan fingerprint density at radius 1 is 1.50 bits per heavy atom. The van der Waals surface area contributed by atoms with Gasteiger partial charge in [0.15, 0.2) is 0 Å². The lowest BCUT2D eigenvalue weighted by molar-refractivity contribution is 0.424. The Labute approximate surface area is 130 Å². The van der Waals surface area contributed by atoms with Gasteiger partial charge in [0.05, 0.1) is 4.90 Å². The first-order valence-corrected chi connectivity index (χ1v) is 10.2. The zero-order valence-electron chi connectivity index (χ0n) is 12.2. The molecule has 1 saturated heterocycles. The summed E-state index contributed by atoms with van der Waals surface area (Å²) in [6, 6.07) is 1.84. The van der Waals surface area contributed by atoms with Gasteiger partial charge in [0, 0.05) is 40.4 Å². The average Bonchev–Trinajstić information content (AvgIpc) is 2.78. The van der Waals surface area contributed by atoms with Gasteiger partial charge in [0.1, 0.15) is 0 Å². The Morgan fingerprint density at radius 2 is 2.25 bits per heavy atom. The summed E-state index contributed by atoms with van der Waals surface area (Å²) in [5.74, 6) is 0.883. The van der Waals surface area contributed by atoms with Gasteiger partial charge in [-0.2, -0.15) is 16.1 Å². The highest BCUT2D eigenvalue weighted by atomic mass is 32.2. The van der Waals surface area contributed by atoms with Crippen LogP contribution in [0, 0.1) is 6.92 Å². The summed E-state index contributed by atoms with van der Waals surface area (Å²) >= 11 is 3.41. The number of thiophene rings is 1. The monoisotopic (exact) mass is 334 g/mol. The molecule has 2 rings (SSSR count). The fourth-order valence-electron chi connectivity index (χ4n) is 2.26. The third kappa shape index (κ3) is 3.57. The quantitative estimate of drug-likeness (QED) is 0.897. The molecule has 1 aliphatic heterocycles. The van der Waals surface area contributed by atoms with E-state index in [-0.39, 0.29) is 0 Å². The van der Waals surface area contributed by atoms with Gasteiger partial charge in [0.2, 0.25) is 10.0 Å². The molecule has 0 aromatic carbocycles. The smallest absolute Gasteiger partial charge is 0.244 e. The van der Waals surface area contributed by atoms with Crippen LogP contribution in [0.2, 0.25) is 0 Å². The first-order chi connectivity index (χ1) is 9.45. The van der Waals surface area contributed by atoms with E-state index in [9.17, 15) is 8.42 Å². The molecule has 1 aliphatic rings. The summed E-state index contributed by atoms with van der Waals surface area (Å²) in [7, 11) is -3.33. The minimum Gasteiger partial charge on any atom is -0.312 e. The fraction of sp³-hybridized carbons (Fsp3) is 0.692. The van der Waals surface area contributed by atoms with Crippen molar-refractivity contribution in [2.75, 3.05) is 25.4 Å². The van der Waals surface area contributed by atoms with E-state index >= 15 is 0 Å². The van der Waals surface area contributed by atoms with E-state index < -0.39 is 10.0 Å². The van der Waals surface area contributed by atoms with Crippen LogP contribution in [-0.4, -0.2) is 43.4 Å². The van der Waals surface area contributed by atoms with Crippen LogP contribution in [0.5, 0.6) is 0 Å². The predicted molar refractivity (Wildman–Crippen MR) is 87.1 cm³/mol. The van der Waals surface area contributed by atoms with E-state index in [0.717, 1.165) is 28.6 Å². The third-order valence-corrected chi connectivity index (χ3v) is 7.60. The highest BCUT2D eigenvalue weighted by molar-refractivity contribution is 8.00. The summed E-state index contributed by atoms with van der Waals surface area (Å²) in [6.07, 6.45) is 0. The van der Waals surface area contributed by atoms with E-state index in [1.165, 1.54) is 0 Å². The number of rotatable bonds is 5. The number of hydrogen-bond donors (Lipinski definition) is 1. The third-order valence-electron chi connectivity index (χ3n) is 3.29. The van der Waals surface area contributed by atoms with E-state index in [0.29, 0.717) is 23.2 Å². The lowest BCUT2D eigenvalue weighted by Crippen LogP contribution is -2.41. The lowest BCUT2D eigenvalue weighted by Gasteiger charge is -2.29. The zero-order chi connectivity index (χ0) is 14.8. The van der Waals surface area contributed by atoms with Crippen molar-refractivity contribution >= 4 is 33.1 Å². The van der Waals surface area contributed by atoms with Crippen molar-refractivity contribution in [3.05, 3.63) is 15.8 Å². The molecule has 0 aliphatic carbocycles. The van der Waals surface area contributed by atoms with Crippen LogP contribution in [0.3, 0.4) is 0 Å². The lowest BCUT2D eigenvalue weighted by atomic mass is 10.4. The fourth-order valence-corrected chi connectivity index (χ4v) is 6.59. The number of thioether (sulfide) groups is 1. The van der Waals surface area contributed by atoms with Crippen LogP contribution in [0.25, 0.3) is 0 Å². The molecule has 0 amide bonds. The van der Waals surface area contributed by atoms with Crippen molar-refractivity contribution in [3.63, 3.8) is 0 Å². The molecular formula is C13H22N2O2S3. The van der Waals surface area contributed by atoms with Crippen molar-refractivity contribution in [2.24, 2.45) is 0 Å². The van der Waals surface area contributed by atoms with Crippen LogP contribution in [0.1, 0.15) is 23.6 Å². The molecular weight excluding hydrogens is 312 g/mol. The number of aryl methyl sites for hydroxylation is 1. The highest BCUT2D eigenvalue weighted by Crippen LogP contribution is 2.30. The maximum absolute atomic E-state index is 12.7. The summed E-state index contributed by atoms with van der Waals surface area (Å²) in [5.41, 5.74) is 0. The van der Waals surface area contributed by atoms with Crippen molar-refractivity contribution in [2.45, 2.75) is 37.5 Å². The van der Waals surface area contributed by atoms with Crippen LogP contribution >= 0.6 is 23.1 Å². The summed E-state index contributed by atoms with van der Waals surface area (Å²) in [6.45, 7) is 8.90. The SMILES string of the molecule is CCNCc1cc(S(=O)(=O)N2CCSC(C)C2)c(C)s1. The van der Waals surface area contributed by atoms with Gasteiger partial charge in [0.25, 0.3) is 0 Å². The highest BCUT2D eigenvalue weighted by Gasteiger charge is 2.31. The summed E-state index contributed by atoms with van der Waals surface area (Å²) < 4.78 is 27.1. The molecule has 4 nitrogen and oxygen atoms in total. The van der Waals surface area contributed by atoms with E-state index in [1.807, 2.05) is 31.7 Å². The minimum absolute atomic E-state index is 0.374. The first kappa shape index (κ1) is 16.3. The maximum Gasteiger partial charge on any atom is 0.244 e. The summed E-state index contributed by atoms with van der Waals surface area (Å²) in [5, 5.41) is 3.62. The number of sulfonamides is 1. The van der Waals surface area contributed by atoms with Gasteiger partial charge in [-0.3, -0.25) is 0 Å². The predicted octanol–water partition coefficient (Wildman–Crippen LogP) is 2.29. The van der Waals surface area contributed by atoms with Crippen molar-refractivity contribution in [3.8, 4) is 0 Å². The second-order valence-corrected chi connectivity index (χ2v) is 9.75. The van der Waals surface area contributed by atoms with Gasteiger partial charge in [-0.1, -0.05) is 13.8 Å². The second-order valence-electron chi connectivity index (χ2n) is 4.96. The second kappa shape index (κ2) is 6.79. The summed E-state index contributed by atoms with van der Waals surface area (Å²) in [4.78, 5) is 2.47. The number of nitrogens with one attached hydrogen (secondary N) is 1. The largest absolute Gasteiger partial charge is 0.312 e. The molecule has 0 saturated carbocycles. The molecule has 1 aromatic heterocycles. The Bertz CT molecular complexity index is 554. The van der Waals surface area contributed by atoms with Crippen LogP contribution in [0.4, 0.5) is 0 Å². The van der Waals surface area contributed by atoms with Crippen LogP contribution in [0.15, 0.2) is 11.0 Å². The Morgan fingerprint density at radius 3 is 2.90 bits per heavy atom. The number of hydrogen-bond acceptors (Lipinski definition) is 5. The van der Waals surface area contributed by atoms with E-state index in [4.69, 9.17) is 0 Å². The van der Waals surface area contributed by atoms with Gasteiger partial charge in [-0.05, 0) is 19.5 Å². The standard InChI is InChI=1S/C13H22N2O2S3/c1-4-14-8-12-7-13(11(3)19-12)20(16,17)15-5-6-18-10(2)9-15/h7,10,14H,4-6,8-9H2,1-3H3. The van der Waals surface area contributed by atoms with Crippen molar-refractivity contribution < 1.29 is 8.42 Å². The van der Waals surface area contributed by atoms with Gasteiger partial charge in [-0.15, -0.1) is 11.3 Å². The molecule has 1 N–H and O–H groups in total. The molecule has 7 heteroatoms. The minimum atomic E-state index is -3.33. The topological polar surface area (TPSA) is 49.4 Å². The van der Waals surface area contributed by atoms with Gasteiger partial charge >= 0.3 is 0 Å². The van der Waals surface area contributed by atoms with Crippen LogP contribution < -0.4 is 5.32 Å². The molecule has 1 fully saturated rings. The molecule has 1 aromatic rings. The normalized spacial score (nSPS) is 21.2. The Kier molecular flexibility index (Phi) is 5.53. The molecule has 1 unspecified atom stereocenters. The van der Waals surface area contributed by atoms with E-state index in [2.05, 4.69) is 12.2 Å². The van der Waals surface area contributed by atoms with Crippen molar-refractivity contribution in [1.29, 1.82) is 0 Å². The molecule has 1 atom stereocenters. The Hall–Kier alpha value is -0.0800. The van der Waals surface area contributed by atoms with Crippen LogP contribution in [-0.2, 0) is 16.6 Å².